The van der Waals surface area contributed by atoms with Crippen molar-refractivity contribution in [2.75, 3.05) is 7.11 Å². The Bertz CT molecular complexity index is 556. The van der Waals surface area contributed by atoms with E-state index in [0.717, 1.165) is 21.8 Å². The van der Waals surface area contributed by atoms with Crippen LogP contribution in [0.5, 0.6) is 5.75 Å². The predicted octanol–water partition coefficient (Wildman–Crippen LogP) is 2.97. The van der Waals surface area contributed by atoms with Crippen molar-refractivity contribution in [3.8, 4) is 5.75 Å². The molecule has 3 rings (SSSR count). The summed E-state index contributed by atoms with van der Waals surface area (Å²) in [6.07, 6.45) is 3.01. The van der Waals surface area contributed by atoms with Crippen molar-refractivity contribution >= 4 is 11.8 Å². The quantitative estimate of drug-likeness (QED) is 0.900. The second-order valence-electron chi connectivity index (χ2n) is 4.17. The summed E-state index contributed by atoms with van der Waals surface area (Å²) in [6.45, 7) is 0. The van der Waals surface area contributed by atoms with Gasteiger partial charge in [-0.2, -0.15) is 0 Å². The molecule has 1 N–H and O–H groups in total. The van der Waals surface area contributed by atoms with Gasteiger partial charge in [-0.1, -0.05) is 12.1 Å². The number of nitrogens with zero attached hydrogens (tertiary/aromatic N) is 1. The molecule has 0 spiro atoms. The summed E-state index contributed by atoms with van der Waals surface area (Å²) < 4.78 is 5.14. The number of aromatic nitrogens is 1. The fourth-order valence-corrected chi connectivity index (χ4v) is 3.42. The van der Waals surface area contributed by atoms with Crippen molar-refractivity contribution < 1.29 is 9.84 Å². The van der Waals surface area contributed by atoms with Crippen LogP contribution in [0.4, 0.5) is 0 Å². The monoisotopic (exact) mass is 259 g/mol. The van der Waals surface area contributed by atoms with Crippen molar-refractivity contribution in [3.05, 3.63) is 53.9 Å². The first-order valence-electron chi connectivity index (χ1n) is 5.72. The predicted molar refractivity (Wildman–Crippen MR) is 70.8 cm³/mol. The van der Waals surface area contributed by atoms with E-state index in [1.54, 1.807) is 31.3 Å². The van der Waals surface area contributed by atoms with Crippen LogP contribution in [0.15, 0.2) is 47.6 Å². The van der Waals surface area contributed by atoms with Gasteiger partial charge in [-0.3, -0.25) is 4.98 Å². The highest BCUT2D eigenvalue weighted by Gasteiger charge is 2.32. The maximum atomic E-state index is 10.3. The lowest BCUT2D eigenvalue weighted by Crippen LogP contribution is -2.02. The standard InChI is InChI=1S/C14H13NO2S/c1-17-10-4-2-9(3-5-10)14-13(16)11-8-15-7-6-12(11)18-14/h2-8,13-14,16H,1H3/t13-,14-/m0/s1. The van der Waals surface area contributed by atoms with Gasteiger partial charge in [0.15, 0.2) is 0 Å². The molecule has 0 fully saturated rings. The van der Waals surface area contributed by atoms with Crippen molar-refractivity contribution in [2.45, 2.75) is 16.2 Å². The lowest BCUT2D eigenvalue weighted by Gasteiger charge is -2.14. The van der Waals surface area contributed by atoms with Gasteiger partial charge >= 0.3 is 0 Å². The fourth-order valence-electron chi connectivity index (χ4n) is 2.13. The van der Waals surface area contributed by atoms with Crippen LogP contribution in [-0.4, -0.2) is 17.2 Å². The number of hydrogen-bond acceptors (Lipinski definition) is 4. The summed E-state index contributed by atoms with van der Waals surface area (Å²) in [7, 11) is 1.65. The number of pyridine rings is 1. The molecule has 92 valence electrons. The Morgan fingerprint density at radius 1 is 1.22 bits per heavy atom. The molecule has 0 saturated heterocycles. The van der Waals surface area contributed by atoms with E-state index in [1.807, 2.05) is 30.3 Å². The highest BCUT2D eigenvalue weighted by atomic mass is 32.2. The third-order valence-corrected chi connectivity index (χ3v) is 4.52. The van der Waals surface area contributed by atoms with Gasteiger partial charge in [0.05, 0.1) is 18.5 Å². The normalized spacial score (nSPS) is 21.7. The molecule has 2 heterocycles. The first-order valence-corrected chi connectivity index (χ1v) is 6.60. The van der Waals surface area contributed by atoms with Gasteiger partial charge in [-0.15, -0.1) is 11.8 Å². The Kier molecular flexibility index (Phi) is 2.97. The van der Waals surface area contributed by atoms with E-state index in [4.69, 9.17) is 4.74 Å². The first-order chi connectivity index (χ1) is 8.79. The van der Waals surface area contributed by atoms with Crippen LogP contribution in [0.25, 0.3) is 0 Å². The number of hydrogen-bond donors (Lipinski definition) is 1. The summed E-state index contributed by atoms with van der Waals surface area (Å²) in [5, 5.41) is 10.4. The Morgan fingerprint density at radius 3 is 2.67 bits per heavy atom. The second kappa shape index (κ2) is 4.63. The van der Waals surface area contributed by atoms with Gasteiger partial charge in [0.1, 0.15) is 5.75 Å². The minimum Gasteiger partial charge on any atom is -0.497 e. The van der Waals surface area contributed by atoms with Gasteiger partial charge < -0.3 is 9.84 Å². The number of fused-ring (bicyclic) bond motifs is 1. The molecule has 0 radical (unpaired) electrons. The molecular formula is C14H13NO2S. The smallest absolute Gasteiger partial charge is 0.118 e. The van der Waals surface area contributed by atoms with Crippen molar-refractivity contribution in [1.29, 1.82) is 0 Å². The van der Waals surface area contributed by atoms with Crippen LogP contribution in [0, 0.1) is 0 Å². The Labute approximate surface area is 110 Å². The molecule has 2 aromatic rings. The molecule has 0 aliphatic carbocycles. The third-order valence-electron chi connectivity index (χ3n) is 3.11. The van der Waals surface area contributed by atoms with E-state index in [0.29, 0.717) is 0 Å². The lowest BCUT2D eigenvalue weighted by molar-refractivity contribution is 0.176. The van der Waals surface area contributed by atoms with Gasteiger partial charge in [0.25, 0.3) is 0 Å². The van der Waals surface area contributed by atoms with E-state index in [9.17, 15) is 5.11 Å². The molecule has 3 nitrogen and oxygen atoms in total. The van der Waals surface area contributed by atoms with Crippen molar-refractivity contribution in [3.63, 3.8) is 0 Å². The summed E-state index contributed by atoms with van der Waals surface area (Å²) in [6, 6.07) is 9.79. The van der Waals surface area contributed by atoms with Gasteiger partial charge in [-0.05, 0) is 23.8 Å². The molecule has 1 aliphatic rings. The molecule has 0 amide bonds. The van der Waals surface area contributed by atoms with Crippen LogP contribution < -0.4 is 4.74 Å². The Morgan fingerprint density at radius 2 is 2.00 bits per heavy atom. The maximum absolute atomic E-state index is 10.3. The molecule has 1 aromatic carbocycles. The van der Waals surface area contributed by atoms with Crippen LogP contribution in [-0.2, 0) is 0 Å². The molecule has 1 aromatic heterocycles. The average Bonchev–Trinajstić information content (AvgIpc) is 2.77. The molecule has 0 unspecified atom stereocenters. The molecular weight excluding hydrogens is 246 g/mol. The summed E-state index contributed by atoms with van der Waals surface area (Å²) in [5.41, 5.74) is 2.02. The highest BCUT2D eigenvalue weighted by Crippen LogP contribution is 2.52. The zero-order valence-corrected chi connectivity index (χ0v) is 10.7. The number of thioether (sulfide) groups is 1. The van der Waals surface area contributed by atoms with Gasteiger partial charge in [0, 0.05) is 22.9 Å². The lowest BCUT2D eigenvalue weighted by atomic mass is 10.0. The number of aliphatic hydroxyl groups is 1. The Hall–Kier alpha value is -1.52. The summed E-state index contributed by atoms with van der Waals surface area (Å²) in [4.78, 5) is 5.18. The molecule has 0 saturated carbocycles. The second-order valence-corrected chi connectivity index (χ2v) is 5.35. The summed E-state index contributed by atoms with van der Waals surface area (Å²) in [5.74, 6) is 0.829. The van der Waals surface area contributed by atoms with Crippen molar-refractivity contribution in [2.24, 2.45) is 0 Å². The minimum atomic E-state index is -0.493. The Balaban J connectivity index is 1.91. The summed E-state index contributed by atoms with van der Waals surface area (Å²) >= 11 is 1.68. The zero-order valence-electron chi connectivity index (χ0n) is 9.91. The van der Waals surface area contributed by atoms with Crippen molar-refractivity contribution in [1.82, 2.24) is 4.98 Å². The first kappa shape index (κ1) is 11.6. The van der Waals surface area contributed by atoms with E-state index in [-0.39, 0.29) is 5.25 Å². The fraction of sp³-hybridized carbons (Fsp3) is 0.214. The minimum absolute atomic E-state index is 0.0371. The average molecular weight is 259 g/mol. The van der Waals surface area contributed by atoms with Crippen LogP contribution >= 0.6 is 11.8 Å². The molecule has 4 heteroatoms. The SMILES string of the molecule is COc1ccc([C@@H]2Sc3ccncc3[C@@H]2O)cc1. The zero-order chi connectivity index (χ0) is 12.5. The number of aliphatic hydroxyl groups excluding tert-OH is 1. The highest BCUT2D eigenvalue weighted by molar-refractivity contribution is 8.00. The third kappa shape index (κ3) is 1.87. The maximum Gasteiger partial charge on any atom is 0.118 e. The van der Waals surface area contributed by atoms with Crippen LogP contribution in [0.3, 0.4) is 0 Å². The number of methoxy groups -OCH3 is 1. The van der Waals surface area contributed by atoms with E-state index in [1.165, 1.54) is 0 Å². The molecule has 1 aliphatic heterocycles. The molecule has 2 atom stereocenters. The van der Waals surface area contributed by atoms with E-state index in [2.05, 4.69) is 4.98 Å². The van der Waals surface area contributed by atoms with Crippen LogP contribution in [0.1, 0.15) is 22.5 Å². The van der Waals surface area contributed by atoms with E-state index >= 15 is 0 Å². The van der Waals surface area contributed by atoms with Crippen LogP contribution in [0.2, 0.25) is 0 Å². The number of ether oxygens (including phenoxy) is 1. The van der Waals surface area contributed by atoms with Gasteiger partial charge in [-0.25, -0.2) is 0 Å². The largest absolute Gasteiger partial charge is 0.497 e. The number of rotatable bonds is 2. The van der Waals surface area contributed by atoms with Gasteiger partial charge in [0.2, 0.25) is 0 Å². The topological polar surface area (TPSA) is 42.4 Å². The molecule has 18 heavy (non-hydrogen) atoms. The molecule has 0 bridgehead atoms. The van der Waals surface area contributed by atoms with E-state index < -0.39 is 6.10 Å². The number of benzene rings is 1.